The lowest BCUT2D eigenvalue weighted by molar-refractivity contribution is -0.139. The SMILES string of the molecule is COc1ncc(Cl)c(NCC(CC(=O)O)OC)n1. The molecule has 1 unspecified atom stereocenters. The molecule has 0 saturated heterocycles. The lowest BCUT2D eigenvalue weighted by Gasteiger charge is -2.15. The minimum absolute atomic E-state index is 0.108. The molecule has 8 heteroatoms. The van der Waals surface area contributed by atoms with Crippen LogP contribution in [0, 0.1) is 0 Å². The molecule has 2 N–H and O–H groups in total. The molecule has 0 fully saturated rings. The van der Waals surface area contributed by atoms with Crippen LogP contribution < -0.4 is 10.1 Å². The Morgan fingerprint density at radius 3 is 2.89 bits per heavy atom. The van der Waals surface area contributed by atoms with Gasteiger partial charge in [-0.2, -0.15) is 4.98 Å². The Labute approximate surface area is 109 Å². The zero-order valence-electron chi connectivity index (χ0n) is 10.0. The highest BCUT2D eigenvalue weighted by molar-refractivity contribution is 6.32. The number of carboxylic acid groups (broad SMARTS) is 1. The maximum Gasteiger partial charge on any atom is 0.318 e. The van der Waals surface area contributed by atoms with E-state index in [9.17, 15) is 4.79 Å². The predicted molar refractivity (Wildman–Crippen MR) is 65.1 cm³/mol. The van der Waals surface area contributed by atoms with Crippen molar-refractivity contribution < 1.29 is 19.4 Å². The molecule has 0 saturated carbocycles. The fourth-order valence-electron chi connectivity index (χ4n) is 1.22. The van der Waals surface area contributed by atoms with Crippen molar-refractivity contribution >= 4 is 23.4 Å². The van der Waals surface area contributed by atoms with Gasteiger partial charge in [-0.25, -0.2) is 4.98 Å². The van der Waals surface area contributed by atoms with Gasteiger partial charge < -0.3 is 19.9 Å². The number of anilines is 1. The number of halogens is 1. The Bertz CT molecular complexity index is 416. The molecule has 1 aromatic rings. The minimum Gasteiger partial charge on any atom is -0.481 e. The summed E-state index contributed by atoms with van der Waals surface area (Å²) < 4.78 is 9.88. The summed E-state index contributed by atoms with van der Waals surface area (Å²) in [6, 6.07) is 0.175. The first-order valence-corrected chi connectivity index (χ1v) is 5.49. The quantitative estimate of drug-likeness (QED) is 0.768. The summed E-state index contributed by atoms with van der Waals surface area (Å²) in [4.78, 5) is 18.4. The molecule has 1 rings (SSSR count). The number of ether oxygens (including phenoxy) is 2. The van der Waals surface area contributed by atoms with Crippen LogP contribution in [0.15, 0.2) is 6.20 Å². The molecular formula is C10H14ClN3O4. The molecule has 0 spiro atoms. The summed E-state index contributed by atoms with van der Waals surface area (Å²) >= 11 is 5.89. The van der Waals surface area contributed by atoms with Crippen molar-refractivity contribution in [2.24, 2.45) is 0 Å². The van der Waals surface area contributed by atoms with Crippen LogP contribution in [-0.4, -0.2) is 47.9 Å². The highest BCUT2D eigenvalue weighted by Gasteiger charge is 2.13. The third kappa shape index (κ3) is 4.34. The second-order valence-electron chi connectivity index (χ2n) is 3.39. The highest BCUT2D eigenvalue weighted by atomic mass is 35.5. The fraction of sp³-hybridized carbons (Fsp3) is 0.500. The summed E-state index contributed by atoms with van der Waals surface area (Å²) in [5.74, 6) is -0.564. The van der Waals surface area contributed by atoms with Gasteiger partial charge in [0.25, 0.3) is 0 Å². The molecule has 0 amide bonds. The number of rotatable bonds is 7. The minimum atomic E-state index is -0.935. The second kappa shape index (κ2) is 6.97. The number of hydrogen-bond donors (Lipinski definition) is 2. The summed E-state index contributed by atoms with van der Waals surface area (Å²) in [7, 11) is 2.88. The van der Waals surface area contributed by atoms with Crippen molar-refractivity contribution in [3.8, 4) is 6.01 Å². The average molecular weight is 276 g/mol. The van der Waals surface area contributed by atoms with E-state index in [1.807, 2.05) is 0 Å². The van der Waals surface area contributed by atoms with Crippen LogP contribution in [0.25, 0.3) is 0 Å². The van der Waals surface area contributed by atoms with Gasteiger partial charge in [0.15, 0.2) is 5.82 Å². The van der Waals surface area contributed by atoms with Gasteiger partial charge in [0.05, 0.1) is 25.8 Å². The van der Waals surface area contributed by atoms with Crippen molar-refractivity contribution in [3.63, 3.8) is 0 Å². The second-order valence-corrected chi connectivity index (χ2v) is 3.80. The van der Waals surface area contributed by atoms with Crippen molar-refractivity contribution in [1.82, 2.24) is 9.97 Å². The molecule has 0 aliphatic carbocycles. The van der Waals surface area contributed by atoms with Crippen molar-refractivity contribution in [2.45, 2.75) is 12.5 Å². The van der Waals surface area contributed by atoms with Crippen LogP contribution in [0.2, 0.25) is 5.02 Å². The normalized spacial score (nSPS) is 11.9. The Morgan fingerprint density at radius 1 is 1.61 bits per heavy atom. The Kier molecular flexibility index (Phi) is 5.60. The molecule has 7 nitrogen and oxygen atoms in total. The van der Waals surface area contributed by atoms with Gasteiger partial charge in [0.1, 0.15) is 5.02 Å². The van der Waals surface area contributed by atoms with E-state index in [1.54, 1.807) is 0 Å². The topological polar surface area (TPSA) is 93.6 Å². The predicted octanol–water partition coefficient (Wildman–Crippen LogP) is 1.04. The Balaban J connectivity index is 2.63. The van der Waals surface area contributed by atoms with Crippen LogP contribution in [0.4, 0.5) is 5.82 Å². The van der Waals surface area contributed by atoms with Crippen molar-refractivity contribution in [1.29, 1.82) is 0 Å². The van der Waals surface area contributed by atoms with Crippen molar-refractivity contribution in [3.05, 3.63) is 11.2 Å². The number of aromatic nitrogens is 2. The largest absolute Gasteiger partial charge is 0.481 e. The maximum atomic E-state index is 10.6. The number of methoxy groups -OCH3 is 2. The number of nitrogens with zero attached hydrogens (tertiary/aromatic N) is 2. The van der Waals surface area contributed by atoms with E-state index in [1.165, 1.54) is 20.4 Å². The molecule has 1 aromatic heterocycles. The summed E-state index contributed by atoms with van der Waals surface area (Å²) in [5, 5.41) is 11.9. The highest BCUT2D eigenvalue weighted by Crippen LogP contribution is 2.20. The molecule has 1 heterocycles. The summed E-state index contributed by atoms with van der Waals surface area (Å²) in [5.41, 5.74) is 0. The smallest absolute Gasteiger partial charge is 0.318 e. The van der Waals surface area contributed by atoms with Crippen LogP contribution in [0.1, 0.15) is 6.42 Å². The van der Waals surface area contributed by atoms with Gasteiger partial charge in [-0.05, 0) is 0 Å². The monoisotopic (exact) mass is 275 g/mol. The first-order chi connectivity index (χ1) is 8.56. The van der Waals surface area contributed by atoms with Crippen LogP contribution in [-0.2, 0) is 9.53 Å². The van der Waals surface area contributed by atoms with Crippen LogP contribution in [0.5, 0.6) is 6.01 Å². The van der Waals surface area contributed by atoms with Crippen LogP contribution in [0.3, 0.4) is 0 Å². The molecule has 18 heavy (non-hydrogen) atoms. The molecular weight excluding hydrogens is 262 g/mol. The third-order valence-electron chi connectivity index (χ3n) is 2.14. The molecule has 100 valence electrons. The number of carboxylic acids is 1. The Morgan fingerprint density at radius 2 is 2.33 bits per heavy atom. The van der Waals surface area contributed by atoms with E-state index < -0.39 is 12.1 Å². The van der Waals surface area contributed by atoms with Gasteiger partial charge in [-0.3, -0.25) is 4.79 Å². The van der Waals surface area contributed by atoms with Gasteiger partial charge in [-0.1, -0.05) is 11.6 Å². The summed E-state index contributed by atoms with van der Waals surface area (Å²) in [6.45, 7) is 0.267. The fourth-order valence-corrected chi connectivity index (χ4v) is 1.38. The number of nitrogens with one attached hydrogen (secondary N) is 1. The molecule has 1 atom stereocenters. The van der Waals surface area contributed by atoms with E-state index in [0.29, 0.717) is 10.8 Å². The van der Waals surface area contributed by atoms with Gasteiger partial charge in [0.2, 0.25) is 0 Å². The molecule has 0 aromatic carbocycles. The zero-order chi connectivity index (χ0) is 13.5. The van der Waals surface area contributed by atoms with Crippen LogP contribution >= 0.6 is 11.6 Å². The van der Waals surface area contributed by atoms with E-state index >= 15 is 0 Å². The average Bonchev–Trinajstić information content (AvgIpc) is 2.35. The lowest BCUT2D eigenvalue weighted by atomic mass is 10.2. The lowest BCUT2D eigenvalue weighted by Crippen LogP contribution is -2.25. The van der Waals surface area contributed by atoms with E-state index in [2.05, 4.69) is 15.3 Å². The Hall–Kier alpha value is -1.60. The van der Waals surface area contributed by atoms with E-state index in [-0.39, 0.29) is 19.0 Å². The van der Waals surface area contributed by atoms with Gasteiger partial charge in [0, 0.05) is 13.7 Å². The maximum absolute atomic E-state index is 10.6. The first-order valence-electron chi connectivity index (χ1n) is 5.11. The number of carbonyl (C=O) groups is 1. The van der Waals surface area contributed by atoms with Gasteiger partial charge in [-0.15, -0.1) is 0 Å². The van der Waals surface area contributed by atoms with E-state index in [0.717, 1.165) is 0 Å². The number of aliphatic carboxylic acids is 1. The first kappa shape index (κ1) is 14.5. The van der Waals surface area contributed by atoms with E-state index in [4.69, 9.17) is 26.2 Å². The zero-order valence-corrected chi connectivity index (χ0v) is 10.8. The molecule has 0 aliphatic rings. The summed E-state index contributed by atoms with van der Waals surface area (Å²) in [6.07, 6.45) is 0.817. The molecule has 0 bridgehead atoms. The standard InChI is InChI=1S/C10H14ClN3O4/c1-17-6(3-8(15)16)4-12-9-7(11)5-13-10(14-9)18-2/h5-6H,3-4H2,1-2H3,(H,15,16)(H,12,13,14). The molecule has 0 radical (unpaired) electrons. The number of hydrogen-bond acceptors (Lipinski definition) is 6. The third-order valence-corrected chi connectivity index (χ3v) is 2.41. The van der Waals surface area contributed by atoms with Gasteiger partial charge >= 0.3 is 12.0 Å². The van der Waals surface area contributed by atoms with Crippen molar-refractivity contribution in [2.75, 3.05) is 26.1 Å². The molecule has 0 aliphatic heterocycles.